The lowest BCUT2D eigenvalue weighted by Gasteiger charge is -2.10. The Kier molecular flexibility index (Phi) is 3.39. The summed E-state index contributed by atoms with van der Waals surface area (Å²) in [5.74, 6) is 1.31. The number of carbonyl (C=O) groups is 1. The van der Waals surface area contributed by atoms with Crippen molar-refractivity contribution in [3.05, 3.63) is 29.4 Å². The maximum absolute atomic E-state index is 10.6. The van der Waals surface area contributed by atoms with Gasteiger partial charge in [0.25, 0.3) is 0 Å². The molecule has 5 heteroatoms. The number of benzene rings is 1. The predicted octanol–water partition coefficient (Wildman–Crippen LogP) is 2.64. The van der Waals surface area contributed by atoms with E-state index in [-0.39, 0.29) is 0 Å². The number of aromatic nitrogens is 1. The highest BCUT2D eigenvalue weighted by Crippen LogP contribution is 2.39. The van der Waals surface area contributed by atoms with Crippen LogP contribution in [0, 0.1) is 0 Å². The Morgan fingerprint density at radius 1 is 1.29 bits per heavy atom. The van der Waals surface area contributed by atoms with Crippen LogP contribution in [-0.4, -0.2) is 25.5 Å². The van der Waals surface area contributed by atoms with Crippen LogP contribution in [0.25, 0.3) is 10.4 Å². The molecule has 2 aromatic rings. The summed E-state index contributed by atoms with van der Waals surface area (Å²) in [4.78, 5) is 15.5. The van der Waals surface area contributed by atoms with Gasteiger partial charge in [0.1, 0.15) is 0 Å². The Hall–Kier alpha value is -1.88. The zero-order valence-electron chi connectivity index (χ0n) is 9.47. The van der Waals surface area contributed by atoms with Gasteiger partial charge in [0.05, 0.1) is 19.1 Å². The molecule has 4 nitrogen and oxygen atoms in total. The van der Waals surface area contributed by atoms with E-state index in [4.69, 9.17) is 9.47 Å². The van der Waals surface area contributed by atoms with Gasteiger partial charge < -0.3 is 9.47 Å². The summed E-state index contributed by atoms with van der Waals surface area (Å²) in [6, 6.07) is 5.60. The minimum atomic E-state index is 0.449. The molecule has 0 unspecified atom stereocenters. The number of nitrogens with zero attached hydrogens (tertiary/aromatic N) is 1. The second kappa shape index (κ2) is 4.97. The third-order valence-corrected chi connectivity index (χ3v) is 3.25. The first-order valence-electron chi connectivity index (χ1n) is 4.92. The molecule has 0 aliphatic heterocycles. The van der Waals surface area contributed by atoms with Gasteiger partial charge in [0.2, 0.25) is 0 Å². The second-order valence-corrected chi connectivity index (χ2v) is 4.28. The third kappa shape index (κ3) is 2.14. The number of ether oxygens (including phenoxy) is 2. The van der Waals surface area contributed by atoms with Crippen molar-refractivity contribution in [1.82, 2.24) is 4.98 Å². The number of hydrogen-bond donors (Lipinski definition) is 0. The van der Waals surface area contributed by atoms with Crippen molar-refractivity contribution in [2.24, 2.45) is 0 Å². The van der Waals surface area contributed by atoms with E-state index in [9.17, 15) is 4.79 Å². The molecule has 1 heterocycles. The number of rotatable bonds is 4. The molecular formula is C12H11NO3S. The largest absolute Gasteiger partial charge is 0.493 e. The Morgan fingerprint density at radius 2 is 2.12 bits per heavy atom. The van der Waals surface area contributed by atoms with Gasteiger partial charge in [0, 0.05) is 11.8 Å². The summed E-state index contributed by atoms with van der Waals surface area (Å²) in [5.41, 5.74) is 0.873. The molecule has 0 bridgehead atoms. The topological polar surface area (TPSA) is 48.4 Å². The number of methoxy groups -OCH3 is 2. The fourth-order valence-electron chi connectivity index (χ4n) is 1.55. The quantitative estimate of drug-likeness (QED) is 0.781. The molecule has 0 saturated carbocycles. The summed E-state index contributed by atoms with van der Waals surface area (Å²) in [6.07, 6.45) is 2.40. The van der Waals surface area contributed by atoms with Crippen molar-refractivity contribution in [1.29, 1.82) is 0 Å². The van der Waals surface area contributed by atoms with Crippen LogP contribution in [-0.2, 0) is 0 Å². The summed E-state index contributed by atoms with van der Waals surface area (Å²) in [6.45, 7) is 0. The summed E-state index contributed by atoms with van der Waals surface area (Å²) >= 11 is 1.32. The highest BCUT2D eigenvalue weighted by molar-refractivity contribution is 7.16. The lowest BCUT2D eigenvalue weighted by Crippen LogP contribution is -1.92. The highest BCUT2D eigenvalue weighted by Gasteiger charge is 2.13. The highest BCUT2D eigenvalue weighted by atomic mass is 32.1. The molecule has 0 radical (unpaired) electrons. The predicted molar refractivity (Wildman–Crippen MR) is 66.0 cm³/mol. The van der Waals surface area contributed by atoms with Crippen LogP contribution in [0.15, 0.2) is 24.4 Å². The molecule has 0 aliphatic rings. The van der Waals surface area contributed by atoms with E-state index >= 15 is 0 Å². The van der Waals surface area contributed by atoms with Gasteiger partial charge >= 0.3 is 0 Å². The van der Waals surface area contributed by atoms with E-state index in [0.717, 1.165) is 16.7 Å². The molecule has 0 amide bonds. The Balaban J connectivity index is 2.54. The number of aldehydes is 1. The Labute approximate surface area is 103 Å². The minimum absolute atomic E-state index is 0.449. The molecule has 0 fully saturated rings. The van der Waals surface area contributed by atoms with Crippen LogP contribution >= 0.6 is 11.3 Å². The minimum Gasteiger partial charge on any atom is -0.493 e. The van der Waals surface area contributed by atoms with Crippen molar-refractivity contribution in [3.63, 3.8) is 0 Å². The van der Waals surface area contributed by atoms with Gasteiger partial charge in [-0.2, -0.15) is 0 Å². The molecular weight excluding hydrogens is 238 g/mol. The first kappa shape index (κ1) is 11.6. The zero-order valence-corrected chi connectivity index (χ0v) is 10.3. The average molecular weight is 249 g/mol. The van der Waals surface area contributed by atoms with Crippen molar-refractivity contribution in [2.45, 2.75) is 0 Å². The fourth-order valence-corrected chi connectivity index (χ4v) is 2.30. The van der Waals surface area contributed by atoms with Crippen molar-refractivity contribution in [3.8, 4) is 21.9 Å². The summed E-state index contributed by atoms with van der Waals surface area (Å²) < 4.78 is 10.6. The molecule has 0 aliphatic carbocycles. The lowest BCUT2D eigenvalue weighted by atomic mass is 10.1. The normalized spacial score (nSPS) is 10.0. The molecule has 1 aromatic carbocycles. The van der Waals surface area contributed by atoms with Crippen LogP contribution in [0.5, 0.6) is 11.5 Å². The maximum atomic E-state index is 10.6. The van der Waals surface area contributed by atoms with Crippen LogP contribution in [0.1, 0.15) is 9.80 Å². The van der Waals surface area contributed by atoms with Crippen LogP contribution in [0.2, 0.25) is 0 Å². The van der Waals surface area contributed by atoms with Gasteiger partial charge in [-0.3, -0.25) is 4.79 Å². The standard InChI is InChI=1S/C12H11NO3S/c1-15-9-5-3-4-8(12(9)16-2)10-6-13-11(7-14)17-10/h3-7H,1-2H3. The molecule has 0 atom stereocenters. The monoisotopic (exact) mass is 249 g/mol. The van der Waals surface area contributed by atoms with Crippen LogP contribution < -0.4 is 9.47 Å². The number of carbonyl (C=O) groups excluding carboxylic acids is 1. The number of para-hydroxylation sites is 1. The Bertz CT molecular complexity index is 536. The third-order valence-electron chi connectivity index (χ3n) is 2.29. The lowest BCUT2D eigenvalue weighted by molar-refractivity contribution is 0.112. The summed E-state index contributed by atoms with van der Waals surface area (Å²) in [7, 11) is 3.17. The second-order valence-electron chi connectivity index (χ2n) is 3.22. The Morgan fingerprint density at radius 3 is 2.71 bits per heavy atom. The maximum Gasteiger partial charge on any atom is 0.178 e. The molecule has 1 aromatic heterocycles. The summed E-state index contributed by atoms with van der Waals surface area (Å²) in [5, 5.41) is 0.449. The van der Waals surface area contributed by atoms with E-state index in [1.165, 1.54) is 11.3 Å². The van der Waals surface area contributed by atoms with E-state index in [1.807, 2.05) is 18.2 Å². The van der Waals surface area contributed by atoms with Gasteiger partial charge in [-0.1, -0.05) is 6.07 Å². The first-order chi connectivity index (χ1) is 8.30. The smallest absolute Gasteiger partial charge is 0.178 e. The molecule has 0 N–H and O–H groups in total. The molecule has 17 heavy (non-hydrogen) atoms. The van der Waals surface area contributed by atoms with Crippen molar-refractivity contribution < 1.29 is 14.3 Å². The number of thiazole rings is 1. The zero-order chi connectivity index (χ0) is 12.3. The van der Waals surface area contributed by atoms with Gasteiger partial charge in [-0.05, 0) is 12.1 Å². The van der Waals surface area contributed by atoms with Crippen molar-refractivity contribution in [2.75, 3.05) is 14.2 Å². The van der Waals surface area contributed by atoms with Gasteiger partial charge in [-0.15, -0.1) is 11.3 Å². The molecule has 88 valence electrons. The molecule has 2 rings (SSSR count). The van der Waals surface area contributed by atoms with Gasteiger partial charge in [-0.25, -0.2) is 4.98 Å². The van der Waals surface area contributed by atoms with E-state index < -0.39 is 0 Å². The van der Waals surface area contributed by atoms with E-state index in [0.29, 0.717) is 16.5 Å². The van der Waals surface area contributed by atoms with Crippen LogP contribution in [0.3, 0.4) is 0 Å². The molecule has 0 saturated heterocycles. The van der Waals surface area contributed by atoms with Crippen LogP contribution in [0.4, 0.5) is 0 Å². The van der Waals surface area contributed by atoms with Crippen molar-refractivity contribution >= 4 is 17.6 Å². The number of hydrogen-bond acceptors (Lipinski definition) is 5. The van der Waals surface area contributed by atoms with E-state index in [2.05, 4.69) is 4.98 Å². The first-order valence-corrected chi connectivity index (χ1v) is 5.74. The molecule has 0 spiro atoms. The fraction of sp³-hybridized carbons (Fsp3) is 0.167. The van der Waals surface area contributed by atoms with Gasteiger partial charge in [0.15, 0.2) is 22.8 Å². The SMILES string of the molecule is COc1cccc(-c2cnc(C=O)s2)c1OC. The average Bonchev–Trinajstić information content (AvgIpc) is 2.86. The van der Waals surface area contributed by atoms with E-state index in [1.54, 1.807) is 20.4 Å².